The molecule has 0 radical (unpaired) electrons. The largest absolute Gasteiger partial charge is 0.255 e. The van der Waals surface area contributed by atoms with E-state index >= 15 is 0 Å². The van der Waals surface area contributed by atoms with Crippen molar-refractivity contribution in [3.63, 3.8) is 0 Å². The molecule has 268 valence electrons. The molecular weight excluding hydrogens is 593 g/mol. The fraction of sp³-hybridized carbons (Fsp3) is 0.574. The van der Waals surface area contributed by atoms with E-state index in [0.29, 0.717) is 0 Å². The van der Waals surface area contributed by atoms with Gasteiger partial charge in [-0.1, -0.05) is 142 Å². The number of nitrogens with zero attached hydrogens (tertiary/aromatic N) is 2. The van der Waals surface area contributed by atoms with E-state index in [4.69, 9.17) is 9.98 Å². The van der Waals surface area contributed by atoms with Crippen molar-refractivity contribution in [3.8, 4) is 11.1 Å². The summed E-state index contributed by atoms with van der Waals surface area (Å²) in [5, 5.41) is 0. The van der Waals surface area contributed by atoms with Crippen LogP contribution in [0.1, 0.15) is 172 Å². The Labute approximate surface area is 302 Å². The van der Waals surface area contributed by atoms with Gasteiger partial charge in [-0.15, -0.1) is 0 Å². The van der Waals surface area contributed by atoms with Crippen molar-refractivity contribution in [3.05, 3.63) is 82.4 Å². The average Bonchev–Trinajstić information content (AvgIpc) is 3.12. The van der Waals surface area contributed by atoms with Gasteiger partial charge in [0.15, 0.2) is 0 Å². The van der Waals surface area contributed by atoms with Gasteiger partial charge in [-0.2, -0.15) is 0 Å². The second kappa shape index (κ2) is 24.2. The molecule has 0 aliphatic carbocycles. The van der Waals surface area contributed by atoms with E-state index in [-0.39, 0.29) is 0 Å². The van der Waals surface area contributed by atoms with Crippen LogP contribution in [-0.2, 0) is 25.7 Å². The fourth-order valence-electron chi connectivity index (χ4n) is 7.13. The number of aryl methyl sites for hydroxylation is 3. The average molecular weight is 663 g/mol. The lowest BCUT2D eigenvalue weighted by molar-refractivity contribution is 0.605. The first-order valence-electron chi connectivity index (χ1n) is 20.5. The molecule has 0 bridgehead atoms. The number of hydrogen-bond donors (Lipinski definition) is 0. The molecular formula is C47H70N2. The first-order chi connectivity index (χ1) is 24.0. The quantitative estimate of drug-likeness (QED) is 0.0637. The third-order valence-corrected chi connectivity index (χ3v) is 10.1. The fourth-order valence-corrected chi connectivity index (χ4v) is 7.13. The Hall–Kier alpha value is -3.00. The smallest absolute Gasteiger partial charge is 0.0639 e. The van der Waals surface area contributed by atoms with Gasteiger partial charge in [0.05, 0.1) is 17.1 Å². The van der Waals surface area contributed by atoms with Crippen molar-refractivity contribution in [2.75, 3.05) is 0 Å². The van der Waals surface area contributed by atoms with Crippen LogP contribution in [0.15, 0.2) is 64.6 Å². The van der Waals surface area contributed by atoms with Crippen LogP contribution < -0.4 is 0 Å². The van der Waals surface area contributed by atoms with Crippen LogP contribution in [0.2, 0.25) is 0 Å². The van der Waals surface area contributed by atoms with Crippen LogP contribution in [-0.4, -0.2) is 11.9 Å². The predicted octanol–water partition coefficient (Wildman–Crippen LogP) is 15.0. The van der Waals surface area contributed by atoms with E-state index in [2.05, 4.69) is 96.1 Å². The summed E-state index contributed by atoms with van der Waals surface area (Å²) in [5.41, 5.74) is 13.4. The van der Waals surface area contributed by atoms with Crippen molar-refractivity contribution in [2.45, 2.75) is 176 Å². The molecule has 0 heterocycles. The van der Waals surface area contributed by atoms with E-state index in [1.54, 1.807) is 11.1 Å². The van der Waals surface area contributed by atoms with Crippen LogP contribution in [0.4, 0.5) is 11.4 Å². The van der Waals surface area contributed by atoms with E-state index in [1.807, 2.05) is 6.21 Å². The van der Waals surface area contributed by atoms with Gasteiger partial charge in [0.1, 0.15) is 0 Å². The van der Waals surface area contributed by atoms with Crippen molar-refractivity contribution >= 4 is 23.3 Å². The zero-order chi connectivity index (χ0) is 35.1. The number of hydrogen-bond acceptors (Lipinski definition) is 2. The topological polar surface area (TPSA) is 24.7 Å². The SMILES string of the molecule is CCCCCCCCc1cc(N=CC(CC)=Nc2cc(C)c(CCCCCC)c(CCCC)c2)cc(-c2ccccc2)c1CCCCCC. The highest BCUT2D eigenvalue weighted by Gasteiger charge is 2.14. The minimum atomic E-state index is 0.858. The van der Waals surface area contributed by atoms with Gasteiger partial charge in [-0.3, -0.25) is 9.98 Å². The number of unbranched alkanes of at least 4 members (excludes halogenated alkanes) is 12. The van der Waals surface area contributed by atoms with E-state index in [1.165, 1.54) is 137 Å². The predicted molar refractivity (Wildman–Crippen MR) is 220 cm³/mol. The molecule has 0 unspecified atom stereocenters. The standard InChI is InChI=1S/C47H70N2/c1-7-12-16-19-20-22-30-41-34-43(36-47(39-28-23-21-24-29-39)46(41)32-26-18-14-9-3)48-37-42(11-5)49-44-33-38(6)45(31-25-17-13-8-2)40(35-44)27-15-10-4/h21,23-24,28-29,33-37H,7-20,22,25-27,30-32H2,1-6H3. The van der Waals surface area contributed by atoms with Crippen molar-refractivity contribution in [2.24, 2.45) is 9.98 Å². The first-order valence-corrected chi connectivity index (χ1v) is 20.5. The molecule has 0 aliphatic heterocycles. The Morgan fingerprint density at radius 3 is 1.71 bits per heavy atom. The lowest BCUT2D eigenvalue weighted by atomic mass is 9.88. The summed E-state index contributed by atoms with van der Waals surface area (Å²) in [6.45, 7) is 13.7. The molecule has 0 spiro atoms. The van der Waals surface area contributed by atoms with Crippen LogP contribution in [0.25, 0.3) is 11.1 Å². The first kappa shape index (κ1) is 40.4. The Morgan fingerprint density at radius 2 is 1.06 bits per heavy atom. The van der Waals surface area contributed by atoms with Gasteiger partial charge in [0.2, 0.25) is 0 Å². The molecule has 0 saturated carbocycles. The second-order valence-corrected chi connectivity index (χ2v) is 14.4. The number of aliphatic imine (C=N–C) groups is 2. The Kier molecular flexibility index (Phi) is 20.0. The number of benzene rings is 3. The van der Waals surface area contributed by atoms with Gasteiger partial charge in [0.25, 0.3) is 0 Å². The maximum Gasteiger partial charge on any atom is 0.0639 e. The zero-order valence-corrected chi connectivity index (χ0v) is 32.5. The van der Waals surface area contributed by atoms with E-state index in [9.17, 15) is 0 Å². The molecule has 0 saturated heterocycles. The highest BCUT2D eigenvalue weighted by molar-refractivity contribution is 6.31. The molecule has 2 heteroatoms. The molecule has 0 atom stereocenters. The Balaban J connectivity index is 1.96. The van der Waals surface area contributed by atoms with E-state index < -0.39 is 0 Å². The van der Waals surface area contributed by atoms with Crippen LogP contribution in [0, 0.1) is 6.92 Å². The van der Waals surface area contributed by atoms with Crippen LogP contribution in [0.5, 0.6) is 0 Å². The summed E-state index contributed by atoms with van der Waals surface area (Å²) in [6.07, 6.45) is 28.3. The second-order valence-electron chi connectivity index (χ2n) is 14.4. The van der Waals surface area contributed by atoms with Crippen LogP contribution >= 0.6 is 0 Å². The lowest BCUT2D eigenvalue weighted by Gasteiger charge is -2.17. The van der Waals surface area contributed by atoms with Gasteiger partial charge in [-0.25, -0.2) is 0 Å². The summed E-state index contributed by atoms with van der Waals surface area (Å²) in [6, 6.07) is 20.5. The minimum absolute atomic E-state index is 0.858. The summed E-state index contributed by atoms with van der Waals surface area (Å²) in [4.78, 5) is 10.4. The maximum absolute atomic E-state index is 5.20. The van der Waals surface area contributed by atoms with Crippen molar-refractivity contribution in [1.29, 1.82) is 0 Å². The maximum atomic E-state index is 5.20. The third kappa shape index (κ3) is 14.4. The summed E-state index contributed by atoms with van der Waals surface area (Å²) < 4.78 is 0. The molecule has 49 heavy (non-hydrogen) atoms. The van der Waals surface area contributed by atoms with Gasteiger partial charge in [0, 0.05) is 6.21 Å². The molecule has 3 aromatic carbocycles. The molecule has 3 aromatic rings. The van der Waals surface area contributed by atoms with E-state index in [0.717, 1.165) is 42.8 Å². The molecule has 0 amide bonds. The van der Waals surface area contributed by atoms with Gasteiger partial charge < -0.3 is 0 Å². The molecule has 0 aromatic heterocycles. The third-order valence-electron chi connectivity index (χ3n) is 10.1. The molecule has 3 rings (SSSR count). The molecule has 0 fully saturated rings. The summed E-state index contributed by atoms with van der Waals surface area (Å²) in [7, 11) is 0. The normalized spacial score (nSPS) is 12.0. The monoisotopic (exact) mass is 663 g/mol. The van der Waals surface area contributed by atoms with Crippen LogP contribution in [0.3, 0.4) is 0 Å². The van der Waals surface area contributed by atoms with Crippen molar-refractivity contribution < 1.29 is 0 Å². The summed E-state index contributed by atoms with van der Waals surface area (Å²) >= 11 is 0. The highest BCUT2D eigenvalue weighted by atomic mass is 14.8. The summed E-state index contributed by atoms with van der Waals surface area (Å²) in [5.74, 6) is 0. The van der Waals surface area contributed by atoms with Gasteiger partial charge >= 0.3 is 0 Å². The molecule has 0 N–H and O–H groups in total. The number of rotatable bonds is 25. The van der Waals surface area contributed by atoms with Gasteiger partial charge in [-0.05, 0) is 128 Å². The Bertz CT molecular complexity index is 1400. The molecule has 2 nitrogen and oxygen atoms in total. The zero-order valence-electron chi connectivity index (χ0n) is 32.5. The lowest BCUT2D eigenvalue weighted by Crippen LogP contribution is -2.01. The minimum Gasteiger partial charge on any atom is -0.255 e. The van der Waals surface area contributed by atoms with Crippen molar-refractivity contribution in [1.82, 2.24) is 0 Å². The Morgan fingerprint density at radius 1 is 0.531 bits per heavy atom. The highest BCUT2D eigenvalue weighted by Crippen LogP contribution is 2.34. The molecule has 0 aliphatic rings.